The first-order valence-electron chi connectivity index (χ1n) is 16.5. The summed E-state index contributed by atoms with van der Waals surface area (Å²) in [6.07, 6.45) is 0.450. The van der Waals surface area contributed by atoms with Crippen LogP contribution in [0.15, 0.2) is 24.3 Å². The Morgan fingerprint density at radius 2 is 1.16 bits per heavy atom. The number of rotatable bonds is 9. The predicted octanol–water partition coefficient (Wildman–Crippen LogP) is 1.75. The average molecular weight is 723 g/mol. The van der Waals surface area contributed by atoms with E-state index in [1.807, 2.05) is 24.3 Å². The summed E-state index contributed by atoms with van der Waals surface area (Å²) in [4.78, 5) is 24.6. The number of aromatic nitrogens is 4. The van der Waals surface area contributed by atoms with Gasteiger partial charge in [0.25, 0.3) is 0 Å². The van der Waals surface area contributed by atoms with Crippen LogP contribution in [-0.2, 0) is 9.59 Å². The van der Waals surface area contributed by atoms with Crippen LogP contribution in [0.5, 0.6) is 11.8 Å². The van der Waals surface area contributed by atoms with Gasteiger partial charge >= 0.3 is 11.9 Å². The van der Waals surface area contributed by atoms with E-state index in [9.17, 15) is 9.59 Å². The van der Waals surface area contributed by atoms with Gasteiger partial charge in [-0.2, -0.15) is 8.75 Å². The normalized spacial score (nSPS) is 25.8. The molecular formula is C34H38N6O8S2. The Morgan fingerprint density at radius 1 is 0.740 bits per heavy atom. The second kappa shape index (κ2) is 16.7. The van der Waals surface area contributed by atoms with Gasteiger partial charge in [-0.3, -0.25) is 0 Å². The van der Waals surface area contributed by atoms with Gasteiger partial charge in [0.2, 0.25) is 11.8 Å². The van der Waals surface area contributed by atoms with Gasteiger partial charge in [-0.05, 0) is 81.9 Å². The summed E-state index contributed by atoms with van der Waals surface area (Å²) in [5.41, 5.74) is 3.84. The molecule has 6 aliphatic heterocycles. The van der Waals surface area contributed by atoms with E-state index in [0.717, 1.165) is 35.6 Å². The maximum atomic E-state index is 9.77. The minimum absolute atomic E-state index is 0.285. The van der Waals surface area contributed by atoms with Crippen LogP contribution in [0, 0.1) is 35.5 Å². The van der Waals surface area contributed by atoms with Crippen molar-refractivity contribution in [3.05, 3.63) is 46.8 Å². The van der Waals surface area contributed by atoms with E-state index < -0.39 is 24.1 Å². The van der Waals surface area contributed by atoms with Crippen LogP contribution in [-0.4, -0.2) is 124 Å². The van der Waals surface area contributed by atoms with Crippen LogP contribution in [0.25, 0.3) is 0 Å². The second-order valence-corrected chi connectivity index (χ2v) is 13.8. The predicted molar refractivity (Wildman–Crippen MR) is 182 cm³/mol. The molecule has 4 bridgehead atoms. The molecule has 3 aromatic rings. The summed E-state index contributed by atoms with van der Waals surface area (Å²) in [6, 6.07) is 7.94. The van der Waals surface area contributed by atoms with Crippen LogP contribution in [0.3, 0.4) is 0 Å². The number of aliphatic hydroxyl groups is 2. The van der Waals surface area contributed by atoms with Crippen molar-refractivity contribution in [3.8, 4) is 35.4 Å². The van der Waals surface area contributed by atoms with Crippen molar-refractivity contribution in [1.29, 1.82) is 0 Å². The minimum Gasteiger partial charge on any atom is -0.479 e. The first-order chi connectivity index (χ1) is 24.3. The summed E-state index contributed by atoms with van der Waals surface area (Å²) in [5, 5.41) is 32.5. The first-order valence-corrected chi connectivity index (χ1v) is 18.0. The molecule has 14 nitrogen and oxygen atoms in total. The van der Waals surface area contributed by atoms with Gasteiger partial charge in [0.1, 0.15) is 11.4 Å². The minimum atomic E-state index is -2.27. The Labute approximate surface area is 297 Å². The van der Waals surface area contributed by atoms with Crippen molar-refractivity contribution in [1.82, 2.24) is 27.3 Å². The molecular weight excluding hydrogens is 685 g/mol. The van der Waals surface area contributed by atoms with Crippen molar-refractivity contribution in [2.45, 2.75) is 49.7 Å². The van der Waals surface area contributed by atoms with Gasteiger partial charge < -0.3 is 39.7 Å². The molecule has 6 saturated heterocycles. The summed E-state index contributed by atoms with van der Waals surface area (Å²) >= 11 is 2.47. The van der Waals surface area contributed by atoms with E-state index in [2.05, 4.69) is 51.0 Å². The molecule has 6 fully saturated rings. The third-order valence-electron chi connectivity index (χ3n) is 9.67. The second-order valence-electron chi connectivity index (χ2n) is 12.7. The molecule has 4 atom stereocenters. The lowest BCUT2D eigenvalue weighted by molar-refractivity contribution is -0.165. The third kappa shape index (κ3) is 8.76. The molecule has 1 aromatic carbocycles. The molecule has 50 heavy (non-hydrogen) atoms. The van der Waals surface area contributed by atoms with Gasteiger partial charge in [-0.1, -0.05) is 29.7 Å². The number of benzene rings is 1. The summed E-state index contributed by atoms with van der Waals surface area (Å²) in [7, 11) is 0. The fourth-order valence-corrected chi connectivity index (χ4v) is 8.13. The Hall–Kier alpha value is -4.16. The lowest BCUT2D eigenvalue weighted by Crippen LogP contribution is -2.46. The lowest BCUT2D eigenvalue weighted by atomic mass is 9.77. The number of carboxylic acid groups (broad SMARTS) is 2. The lowest BCUT2D eigenvalue weighted by Gasteiger charge is -2.44. The molecule has 6 aliphatic rings. The SMILES string of the molecule is C(#Cc1cccc(C#CCOc2nsnc2[C@@H]2CN3CCC2CC3)c1)COc1nsnc1[C@@H]1CN2CCC1CC2.O=C(O)[C@H](O)[C@@H](O)C(=O)O. The highest BCUT2D eigenvalue weighted by atomic mass is 32.1. The number of aliphatic carboxylic acids is 2. The maximum Gasteiger partial charge on any atom is 0.335 e. The smallest absolute Gasteiger partial charge is 0.335 e. The van der Waals surface area contributed by atoms with Crippen LogP contribution < -0.4 is 9.47 Å². The fourth-order valence-electron chi connectivity index (χ4n) is 7.01. The molecule has 0 unspecified atom stereocenters. The van der Waals surface area contributed by atoms with Gasteiger partial charge in [-0.25, -0.2) is 9.59 Å². The Morgan fingerprint density at radius 3 is 1.52 bits per heavy atom. The van der Waals surface area contributed by atoms with E-state index in [1.54, 1.807) is 0 Å². The van der Waals surface area contributed by atoms with Crippen molar-refractivity contribution in [2.24, 2.45) is 11.8 Å². The van der Waals surface area contributed by atoms with E-state index >= 15 is 0 Å². The zero-order valence-corrected chi connectivity index (χ0v) is 28.8. The zero-order chi connectivity index (χ0) is 35.0. The number of ether oxygens (including phenoxy) is 2. The Balaban J connectivity index is 0.000000379. The molecule has 0 aliphatic carbocycles. The van der Waals surface area contributed by atoms with Crippen molar-refractivity contribution < 1.29 is 39.5 Å². The van der Waals surface area contributed by atoms with Crippen molar-refractivity contribution >= 4 is 35.4 Å². The van der Waals surface area contributed by atoms with Crippen LogP contribution in [0.2, 0.25) is 0 Å². The molecule has 264 valence electrons. The molecule has 0 spiro atoms. The molecule has 16 heteroatoms. The Kier molecular flexibility index (Phi) is 11.9. The summed E-state index contributed by atoms with van der Waals surface area (Å²) in [5.74, 6) is 12.7. The van der Waals surface area contributed by atoms with E-state index in [0.29, 0.717) is 35.4 Å². The highest BCUT2D eigenvalue weighted by Crippen LogP contribution is 2.42. The standard InChI is InChI=1S/C30H32N6O2S2.C4H6O6/c1-4-21(6-2-16-37-29-27(31-39-33-29)25-19-35-12-8-23(25)9-13-35)18-22(5-1)7-3-17-38-30-28(32-40-34-30)26-20-36-14-10-24(26)11-15-36;5-1(3(7)8)2(6)4(9)10/h1,4-5,18,23-26H,8-17,19-20H2;1-2,5-6H,(H,7,8)(H,9,10)/t25-,26-;1-,2-/m11/s1. The number of carbonyl (C=O) groups is 2. The Bertz CT molecular complexity index is 1640. The molecule has 2 aromatic heterocycles. The molecule has 8 heterocycles. The first kappa shape index (κ1) is 35.7. The quantitative estimate of drug-likeness (QED) is 0.234. The summed E-state index contributed by atoms with van der Waals surface area (Å²) < 4.78 is 29.9. The molecule has 0 amide bonds. The van der Waals surface area contributed by atoms with Gasteiger partial charge in [0.15, 0.2) is 25.4 Å². The van der Waals surface area contributed by atoms with E-state index in [1.165, 1.54) is 75.3 Å². The maximum absolute atomic E-state index is 9.77. The number of carboxylic acids is 2. The number of aliphatic hydroxyl groups excluding tert-OH is 2. The van der Waals surface area contributed by atoms with Crippen LogP contribution >= 0.6 is 23.5 Å². The van der Waals surface area contributed by atoms with Crippen molar-refractivity contribution in [2.75, 3.05) is 52.5 Å². The number of piperidine rings is 6. The molecule has 0 saturated carbocycles. The zero-order valence-electron chi connectivity index (χ0n) is 27.2. The largest absolute Gasteiger partial charge is 0.479 e. The number of hydrogen-bond acceptors (Lipinski definition) is 14. The van der Waals surface area contributed by atoms with Gasteiger partial charge in [-0.15, -0.1) is 8.75 Å². The molecule has 4 N–H and O–H groups in total. The molecule has 0 radical (unpaired) electrons. The highest BCUT2D eigenvalue weighted by Gasteiger charge is 2.39. The van der Waals surface area contributed by atoms with Crippen LogP contribution in [0.1, 0.15) is 60.0 Å². The third-order valence-corrected chi connectivity index (χ3v) is 10.7. The fraction of sp³-hybridized carbons (Fsp3) is 0.529. The molecule has 9 rings (SSSR count). The van der Waals surface area contributed by atoms with Gasteiger partial charge in [0, 0.05) is 36.1 Å². The van der Waals surface area contributed by atoms with E-state index in [4.69, 9.17) is 29.9 Å². The topological polar surface area (TPSA) is 192 Å². The van der Waals surface area contributed by atoms with Crippen molar-refractivity contribution in [3.63, 3.8) is 0 Å². The average Bonchev–Trinajstić information content (AvgIpc) is 3.82. The summed E-state index contributed by atoms with van der Waals surface area (Å²) in [6.45, 7) is 7.54. The monoisotopic (exact) mass is 722 g/mol. The van der Waals surface area contributed by atoms with Gasteiger partial charge in [0.05, 0.1) is 23.5 Å². The number of nitrogens with zero attached hydrogens (tertiary/aromatic N) is 6. The highest BCUT2D eigenvalue weighted by molar-refractivity contribution is 6.99. The van der Waals surface area contributed by atoms with E-state index in [-0.39, 0.29) is 13.2 Å². The number of hydrogen-bond donors (Lipinski definition) is 4. The number of fused-ring (bicyclic) bond motifs is 6. The van der Waals surface area contributed by atoms with Crippen LogP contribution in [0.4, 0.5) is 0 Å².